The molecule has 0 aliphatic heterocycles. The van der Waals surface area contributed by atoms with Gasteiger partial charge in [0.2, 0.25) is 0 Å². The maximum absolute atomic E-state index is 11.6. The average molecular weight is 276 g/mol. The van der Waals surface area contributed by atoms with Crippen molar-refractivity contribution in [2.24, 2.45) is 4.99 Å². The van der Waals surface area contributed by atoms with E-state index in [1.165, 1.54) is 0 Å². The maximum atomic E-state index is 11.6. The Morgan fingerprint density at radius 3 is 2.53 bits per heavy atom. The van der Waals surface area contributed by atoms with Gasteiger partial charge in [0, 0.05) is 12.7 Å². The Hall–Kier alpha value is -1.94. The first kappa shape index (κ1) is 13.5. The molecule has 0 spiro atoms. The summed E-state index contributed by atoms with van der Waals surface area (Å²) in [5.74, 6) is -0.226. The zero-order chi connectivity index (χ0) is 14.0. The van der Waals surface area contributed by atoms with Gasteiger partial charge in [-0.25, -0.2) is 4.99 Å². The van der Waals surface area contributed by atoms with Gasteiger partial charge < -0.3 is 10.7 Å². The Labute approximate surface area is 116 Å². The highest BCUT2D eigenvalue weighted by molar-refractivity contribution is 6.63. The van der Waals surface area contributed by atoms with E-state index in [1.807, 2.05) is 31.3 Å². The molecule has 1 aromatic rings. The molecule has 1 aliphatic carbocycles. The van der Waals surface area contributed by atoms with E-state index < -0.39 is 5.38 Å². The number of carbonyl (C=O) groups is 1. The Bertz CT molecular complexity index is 587. The Kier molecular flexibility index (Phi) is 3.81. The lowest BCUT2D eigenvalue weighted by molar-refractivity contribution is -0.114. The second-order valence-corrected chi connectivity index (χ2v) is 4.70. The van der Waals surface area contributed by atoms with Crippen LogP contribution >= 0.6 is 11.6 Å². The molecule has 0 bridgehead atoms. The fourth-order valence-corrected chi connectivity index (χ4v) is 2.03. The van der Waals surface area contributed by atoms with Crippen molar-refractivity contribution in [3.63, 3.8) is 0 Å². The van der Waals surface area contributed by atoms with Gasteiger partial charge in [0.25, 0.3) is 0 Å². The van der Waals surface area contributed by atoms with Gasteiger partial charge in [-0.1, -0.05) is 0 Å². The van der Waals surface area contributed by atoms with Gasteiger partial charge in [0.05, 0.1) is 17.1 Å². The topological polar surface area (TPSA) is 65.3 Å². The number of rotatable bonds is 2. The number of nitrogens with one attached hydrogen (secondary N) is 2. The third kappa shape index (κ3) is 2.74. The molecule has 0 saturated carbocycles. The van der Waals surface area contributed by atoms with Gasteiger partial charge in [-0.15, -0.1) is 11.6 Å². The fourth-order valence-electron chi connectivity index (χ4n) is 1.75. The van der Waals surface area contributed by atoms with Gasteiger partial charge in [0.15, 0.2) is 5.78 Å². The van der Waals surface area contributed by atoms with Gasteiger partial charge in [0.1, 0.15) is 5.38 Å². The van der Waals surface area contributed by atoms with Crippen molar-refractivity contribution in [1.82, 2.24) is 0 Å². The average Bonchev–Trinajstić information content (AvgIpc) is 2.43. The van der Waals surface area contributed by atoms with E-state index in [1.54, 1.807) is 13.0 Å². The number of carbonyl (C=O) groups excluding carboxylic acids is 1. The van der Waals surface area contributed by atoms with Crippen molar-refractivity contribution < 1.29 is 4.79 Å². The van der Waals surface area contributed by atoms with Crippen LogP contribution in [0.5, 0.6) is 0 Å². The summed E-state index contributed by atoms with van der Waals surface area (Å²) in [7, 11) is 1.84. The monoisotopic (exact) mass is 275 g/mol. The summed E-state index contributed by atoms with van der Waals surface area (Å²) in [4.78, 5) is 16.0. The quantitative estimate of drug-likeness (QED) is 0.815. The molecule has 0 saturated heterocycles. The summed E-state index contributed by atoms with van der Waals surface area (Å²) in [5.41, 5.74) is 2.73. The van der Waals surface area contributed by atoms with E-state index in [2.05, 4.69) is 10.3 Å². The molecular weight excluding hydrogens is 262 g/mol. The van der Waals surface area contributed by atoms with Crippen LogP contribution in [-0.4, -0.2) is 29.6 Å². The van der Waals surface area contributed by atoms with Crippen LogP contribution in [0.2, 0.25) is 0 Å². The number of Topliss-reactive ketones (excluding diaryl/α,β-unsaturated/α-hetero) is 1. The Morgan fingerprint density at radius 2 is 1.95 bits per heavy atom. The second-order valence-electron chi connectivity index (χ2n) is 4.26. The number of nitrogens with zero attached hydrogens (tertiary/aromatic N) is 1. The predicted octanol–water partition coefficient (Wildman–Crippen LogP) is 2.96. The summed E-state index contributed by atoms with van der Waals surface area (Å²) in [6.45, 7) is 1.68. The number of anilines is 1. The van der Waals surface area contributed by atoms with Crippen LogP contribution in [0.1, 0.15) is 6.92 Å². The second kappa shape index (κ2) is 5.36. The highest BCUT2D eigenvalue weighted by Gasteiger charge is 2.29. The molecule has 0 aromatic heterocycles. The highest BCUT2D eigenvalue weighted by atomic mass is 35.5. The van der Waals surface area contributed by atoms with Crippen LogP contribution in [0.3, 0.4) is 0 Å². The minimum absolute atomic E-state index is 0.0509. The normalized spacial score (nSPS) is 21.5. The van der Waals surface area contributed by atoms with E-state index in [0.717, 1.165) is 11.4 Å². The molecule has 4 nitrogen and oxygen atoms in total. The van der Waals surface area contributed by atoms with E-state index in [4.69, 9.17) is 17.0 Å². The number of hydrogen-bond acceptors (Lipinski definition) is 4. The van der Waals surface area contributed by atoms with Crippen LogP contribution in [-0.2, 0) is 4.79 Å². The van der Waals surface area contributed by atoms with Gasteiger partial charge in [-0.3, -0.25) is 4.79 Å². The molecule has 2 N–H and O–H groups in total. The third-order valence-electron chi connectivity index (χ3n) is 2.91. The van der Waals surface area contributed by atoms with Crippen molar-refractivity contribution >= 4 is 40.2 Å². The SMILES string of the molecule is CNc1ccc(N=C2C=C(C)C(=O)C(Cl)C2=N)cc1. The van der Waals surface area contributed by atoms with Crippen LogP contribution in [0.4, 0.5) is 11.4 Å². The number of hydrogen-bond donors (Lipinski definition) is 2. The molecule has 19 heavy (non-hydrogen) atoms. The van der Waals surface area contributed by atoms with Crippen molar-refractivity contribution in [2.75, 3.05) is 12.4 Å². The minimum Gasteiger partial charge on any atom is -0.388 e. The van der Waals surface area contributed by atoms with Crippen molar-refractivity contribution in [1.29, 1.82) is 5.41 Å². The Balaban J connectivity index is 2.36. The van der Waals surface area contributed by atoms with E-state index in [9.17, 15) is 4.79 Å². The van der Waals surface area contributed by atoms with Gasteiger partial charge in [-0.05, 0) is 42.8 Å². The lowest BCUT2D eigenvalue weighted by Gasteiger charge is -2.16. The van der Waals surface area contributed by atoms with Gasteiger partial charge in [-0.2, -0.15) is 0 Å². The third-order valence-corrected chi connectivity index (χ3v) is 3.32. The van der Waals surface area contributed by atoms with Crippen molar-refractivity contribution in [3.05, 3.63) is 35.9 Å². The lowest BCUT2D eigenvalue weighted by Crippen LogP contribution is -2.34. The number of alkyl halides is 1. The molecule has 98 valence electrons. The van der Waals surface area contributed by atoms with Crippen molar-refractivity contribution in [3.8, 4) is 0 Å². The predicted molar refractivity (Wildman–Crippen MR) is 79.2 cm³/mol. The number of benzene rings is 1. The summed E-state index contributed by atoms with van der Waals surface area (Å²) in [6.07, 6.45) is 1.61. The van der Waals surface area contributed by atoms with E-state index in [0.29, 0.717) is 11.3 Å². The van der Waals surface area contributed by atoms with Crippen LogP contribution in [0.15, 0.2) is 40.9 Å². The van der Waals surface area contributed by atoms with Gasteiger partial charge >= 0.3 is 0 Å². The standard InChI is InChI=1S/C14H14ClN3O/c1-8-7-11(13(16)12(15)14(8)19)18-10-5-3-9(17-2)4-6-10/h3-7,12,16-17H,1-2H3. The smallest absolute Gasteiger partial charge is 0.182 e. The summed E-state index contributed by atoms with van der Waals surface area (Å²) in [5, 5.41) is 9.95. The van der Waals surface area contributed by atoms with Crippen LogP contribution < -0.4 is 5.32 Å². The molecule has 1 aliphatic rings. The number of halogens is 1. The summed E-state index contributed by atoms with van der Waals surface area (Å²) >= 11 is 5.92. The molecule has 1 aromatic carbocycles. The zero-order valence-corrected chi connectivity index (χ0v) is 11.5. The first-order valence-electron chi connectivity index (χ1n) is 5.85. The molecule has 0 fully saturated rings. The lowest BCUT2D eigenvalue weighted by atomic mass is 9.95. The summed E-state index contributed by atoms with van der Waals surface area (Å²) in [6, 6.07) is 7.47. The molecular formula is C14H14ClN3O. The minimum atomic E-state index is -0.930. The molecule has 0 radical (unpaired) electrons. The molecule has 0 heterocycles. The van der Waals surface area contributed by atoms with E-state index in [-0.39, 0.29) is 11.5 Å². The highest BCUT2D eigenvalue weighted by Crippen LogP contribution is 2.20. The molecule has 1 unspecified atom stereocenters. The van der Waals surface area contributed by atoms with E-state index >= 15 is 0 Å². The first-order valence-corrected chi connectivity index (χ1v) is 6.28. The summed E-state index contributed by atoms with van der Waals surface area (Å²) < 4.78 is 0. The van der Waals surface area contributed by atoms with Crippen molar-refractivity contribution in [2.45, 2.75) is 12.3 Å². The number of aliphatic imine (C=N–C) groups is 1. The molecule has 5 heteroatoms. The molecule has 0 amide bonds. The molecule has 1 atom stereocenters. The first-order chi connectivity index (χ1) is 9.02. The zero-order valence-electron chi connectivity index (χ0n) is 10.7. The maximum Gasteiger partial charge on any atom is 0.182 e. The number of allylic oxidation sites excluding steroid dienone is 2. The Morgan fingerprint density at radius 1 is 1.32 bits per heavy atom. The van der Waals surface area contributed by atoms with Crippen LogP contribution in [0, 0.1) is 5.41 Å². The van der Waals surface area contributed by atoms with Crippen LogP contribution in [0.25, 0.3) is 0 Å². The fraction of sp³-hybridized carbons (Fsp3) is 0.214. The molecule has 2 rings (SSSR count). The largest absolute Gasteiger partial charge is 0.388 e. The number of ketones is 1.